The molecule has 0 fully saturated rings. The van der Waals surface area contributed by atoms with Crippen molar-refractivity contribution in [3.63, 3.8) is 0 Å². The highest BCUT2D eigenvalue weighted by atomic mass is 28.4. The van der Waals surface area contributed by atoms with Gasteiger partial charge < -0.3 is 19.0 Å². The van der Waals surface area contributed by atoms with Crippen molar-refractivity contribution in [3.8, 4) is 11.5 Å². The molecule has 1 amide bonds. The zero-order valence-corrected chi connectivity index (χ0v) is 18.0. The van der Waals surface area contributed by atoms with E-state index < -0.39 is 8.32 Å². The van der Waals surface area contributed by atoms with E-state index in [-0.39, 0.29) is 11.1 Å². The van der Waals surface area contributed by atoms with Gasteiger partial charge in [-0.1, -0.05) is 32.9 Å². The molecule has 0 radical (unpaired) electrons. The molecule has 0 bridgehead atoms. The Morgan fingerprint density at radius 1 is 1.04 bits per heavy atom. The Hall–Kier alpha value is -1.53. The summed E-state index contributed by atoms with van der Waals surface area (Å²) in [6.45, 7) is 12.5. The first-order valence-corrected chi connectivity index (χ1v) is 11.7. The van der Waals surface area contributed by atoms with Crippen LogP contribution in [0.4, 0.5) is 4.79 Å². The van der Waals surface area contributed by atoms with E-state index in [1.807, 2.05) is 32.3 Å². The lowest BCUT2D eigenvalue weighted by Gasteiger charge is -2.36. The number of nitrogens with zero attached hydrogens (tertiary/aromatic N) is 2. The molecule has 1 aromatic rings. The average Bonchev–Trinajstić information content (AvgIpc) is 2.47. The Kier molecular flexibility index (Phi) is 7.50. The molecule has 6 heteroatoms. The first-order valence-electron chi connectivity index (χ1n) is 8.80. The number of ether oxygens (including phenoxy) is 1. The van der Waals surface area contributed by atoms with Gasteiger partial charge in [0.15, 0.2) is 5.75 Å². The molecule has 5 nitrogen and oxygen atoms in total. The van der Waals surface area contributed by atoms with Crippen LogP contribution in [0.5, 0.6) is 11.5 Å². The topological polar surface area (TPSA) is 42.0 Å². The molecule has 25 heavy (non-hydrogen) atoms. The molecule has 0 N–H and O–H groups in total. The van der Waals surface area contributed by atoms with E-state index in [2.05, 4.69) is 38.8 Å². The summed E-state index contributed by atoms with van der Waals surface area (Å²) in [6, 6.07) is 7.41. The highest BCUT2D eigenvalue weighted by Gasteiger charge is 2.39. The van der Waals surface area contributed by atoms with Crippen molar-refractivity contribution >= 4 is 14.4 Å². The van der Waals surface area contributed by atoms with Gasteiger partial charge in [-0.25, -0.2) is 4.79 Å². The van der Waals surface area contributed by atoms with Crippen LogP contribution in [0.3, 0.4) is 0 Å². The van der Waals surface area contributed by atoms with Gasteiger partial charge in [0, 0.05) is 13.6 Å². The number of rotatable bonds is 7. The molecule has 0 spiro atoms. The average molecular weight is 367 g/mol. The fraction of sp³-hybridized carbons (Fsp3) is 0.632. The maximum absolute atomic E-state index is 12.3. The lowest BCUT2D eigenvalue weighted by molar-refractivity contribution is 0.160. The van der Waals surface area contributed by atoms with Gasteiger partial charge >= 0.3 is 6.09 Å². The van der Waals surface area contributed by atoms with E-state index in [4.69, 9.17) is 9.16 Å². The van der Waals surface area contributed by atoms with Gasteiger partial charge in [0.1, 0.15) is 5.75 Å². The van der Waals surface area contributed by atoms with Crippen LogP contribution in [0.15, 0.2) is 24.3 Å². The van der Waals surface area contributed by atoms with Crippen LogP contribution in [0.25, 0.3) is 0 Å². The zero-order chi connectivity index (χ0) is 19.3. The summed E-state index contributed by atoms with van der Waals surface area (Å²) in [7, 11) is 3.80. The van der Waals surface area contributed by atoms with Gasteiger partial charge in [0.05, 0.1) is 0 Å². The normalized spacial score (nSPS) is 12.2. The van der Waals surface area contributed by atoms with Crippen LogP contribution in [0.1, 0.15) is 27.2 Å². The van der Waals surface area contributed by atoms with Gasteiger partial charge in [-0.3, -0.25) is 0 Å². The van der Waals surface area contributed by atoms with E-state index in [0.717, 1.165) is 13.0 Å². The molecule has 1 rings (SSSR count). The maximum atomic E-state index is 12.3. The SMILES string of the molecule is CN(C)CCCN(C)C(=O)Oc1ccccc1O[Si](C)(C)C(C)(C)C. The number of hydrogen-bond acceptors (Lipinski definition) is 4. The third kappa shape index (κ3) is 6.70. The van der Waals surface area contributed by atoms with Gasteiger partial charge in [-0.15, -0.1) is 0 Å². The van der Waals surface area contributed by atoms with E-state index in [1.165, 1.54) is 0 Å². The largest absolute Gasteiger partial charge is 0.541 e. The maximum Gasteiger partial charge on any atom is 0.415 e. The van der Waals surface area contributed by atoms with Crippen molar-refractivity contribution in [3.05, 3.63) is 24.3 Å². The second-order valence-corrected chi connectivity index (χ2v) is 13.0. The van der Waals surface area contributed by atoms with Crippen molar-refractivity contribution in [1.82, 2.24) is 9.80 Å². The van der Waals surface area contributed by atoms with Crippen molar-refractivity contribution in [2.75, 3.05) is 34.2 Å². The number of amides is 1. The van der Waals surface area contributed by atoms with Crippen LogP contribution in [0, 0.1) is 0 Å². The van der Waals surface area contributed by atoms with E-state index in [1.54, 1.807) is 18.0 Å². The van der Waals surface area contributed by atoms with E-state index in [0.29, 0.717) is 18.0 Å². The number of carbonyl (C=O) groups excluding carboxylic acids is 1. The Labute approximate surface area is 154 Å². The molecule has 142 valence electrons. The van der Waals surface area contributed by atoms with Crippen molar-refractivity contribution < 1.29 is 14.0 Å². The fourth-order valence-corrected chi connectivity index (χ4v) is 2.96. The Balaban J connectivity index is 2.78. The highest BCUT2D eigenvalue weighted by molar-refractivity contribution is 6.74. The van der Waals surface area contributed by atoms with Crippen molar-refractivity contribution in [2.24, 2.45) is 0 Å². The highest BCUT2D eigenvalue weighted by Crippen LogP contribution is 2.39. The molecule has 0 heterocycles. The Bertz CT molecular complexity index is 568. The lowest BCUT2D eigenvalue weighted by Crippen LogP contribution is -2.44. The van der Waals surface area contributed by atoms with Crippen LogP contribution >= 0.6 is 0 Å². The second-order valence-electron chi connectivity index (χ2n) is 8.26. The first kappa shape index (κ1) is 21.5. The third-order valence-corrected chi connectivity index (χ3v) is 8.97. The van der Waals surface area contributed by atoms with E-state index >= 15 is 0 Å². The molecule has 1 aromatic carbocycles. The second kappa shape index (κ2) is 8.72. The molecule has 0 aliphatic heterocycles. The van der Waals surface area contributed by atoms with Crippen molar-refractivity contribution in [1.29, 1.82) is 0 Å². The summed E-state index contributed by atoms with van der Waals surface area (Å²) in [5.74, 6) is 1.13. The lowest BCUT2D eigenvalue weighted by atomic mass is 10.2. The predicted octanol–water partition coefficient (Wildman–Crippen LogP) is 4.45. The summed E-state index contributed by atoms with van der Waals surface area (Å²) in [5.41, 5.74) is 0. The van der Waals surface area contributed by atoms with Crippen LogP contribution in [-0.4, -0.2) is 58.4 Å². The Morgan fingerprint density at radius 2 is 1.60 bits per heavy atom. The molecule has 0 saturated carbocycles. The molecule has 0 aliphatic rings. The summed E-state index contributed by atoms with van der Waals surface area (Å²) in [6.07, 6.45) is 0.547. The van der Waals surface area contributed by atoms with Crippen LogP contribution in [-0.2, 0) is 0 Å². The zero-order valence-electron chi connectivity index (χ0n) is 17.0. The summed E-state index contributed by atoms with van der Waals surface area (Å²) in [5, 5.41) is 0.0765. The summed E-state index contributed by atoms with van der Waals surface area (Å²) < 4.78 is 11.9. The summed E-state index contributed by atoms with van der Waals surface area (Å²) >= 11 is 0. The Morgan fingerprint density at radius 3 is 2.12 bits per heavy atom. The van der Waals surface area contributed by atoms with Gasteiger partial charge in [-0.05, 0) is 57.3 Å². The van der Waals surface area contributed by atoms with Gasteiger partial charge in [0.25, 0.3) is 8.32 Å². The molecular formula is C19H34N2O3Si. The number of benzene rings is 1. The fourth-order valence-electron chi connectivity index (χ4n) is 1.93. The molecule has 0 aliphatic carbocycles. The number of carbonyl (C=O) groups is 1. The standard InChI is InChI=1S/C19H34N2O3Si/c1-19(2,3)25(7,8)24-17-13-10-9-12-16(17)23-18(22)21(6)15-11-14-20(4)5/h9-10,12-13H,11,14-15H2,1-8H3. The minimum Gasteiger partial charge on any atom is -0.541 e. The van der Waals surface area contributed by atoms with E-state index in [9.17, 15) is 4.79 Å². The van der Waals surface area contributed by atoms with Crippen molar-refractivity contribution in [2.45, 2.75) is 45.3 Å². The molecular weight excluding hydrogens is 332 g/mol. The minimum atomic E-state index is -2.00. The number of hydrogen-bond donors (Lipinski definition) is 0. The predicted molar refractivity (Wildman–Crippen MR) is 106 cm³/mol. The third-order valence-electron chi connectivity index (χ3n) is 4.63. The van der Waals surface area contributed by atoms with Crippen LogP contribution in [0.2, 0.25) is 18.1 Å². The van der Waals surface area contributed by atoms with Crippen LogP contribution < -0.4 is 9.16 Å². The molecule has 0 atom stereocenters. The minimum absolute atomic E-state index is 0.0765. The monoisotopic (exact) mass is 366 g/mol. The molecule has 0 saturated heterocycles. The van der Waals surface area contributed by atoms with Gasteiger partial charge in [-0.2, -0.15) is 0 Å². The quantitative estimate of drug-likeness (QED) is 0.669. The summed E-state index contributed by atoms with van der Waals surface area (Å²) in [4.78, 5) is 16.1. The number of para-hydroxylation sites is 2. The molecule has 0 unspecified atom stereocenters. The van der Waals surface area contributed by atoms with Gasteiger partial charge in [0.2, 0.25) is 0 Å². The molecule has 0 aromatic heterocycles. The smallest absolute Gasteiger partial charge is 0.415 e. The first-order chi connectivity index (χ1) is 11.4.